The van der Waals surface area contributed by atoms with Gasteiger partial charge in [-0.2, -0.15) is 8.78 Å². The first kappa shape index (κ1) is 23.5. The predicted molar refractivity (Wildman–Crippen MR) is 104 cm³/mol. The van der Waals surface area contributed by atoms with Crippen LogP contribution >= 0.6 is 0 Å². The molecular formula is C19H24F3N3O5S. The van der Waals surface area contributed by atoms with Crippen LogP contribution in [0.3, 0.4) is 0 Å². The summed E-state index contributed by atoms with van der Waals surface area (Å²) < 4.78 is 70.2. The van der Waals surface area contributed by atoms with Crippen molar-refractivity contribution in [2.75, 3.05) is 12.3 Å². The number of unbranched alkanes of at least 4 members (excludes halogenated alkanes) is 1. The van der Waals surface area contributed by atoms with Crippen LogP contribution in [0.5, 0.6) is 5.75 Å². The Balaban J connectivity index is 1.48. The van der Waals surface area contributed by atoms with Gasteiger partial charge in [0.05, 0.1) is 17.3 Å². The average molecular weight is 463 g/mol. The van der Waals surface area contributed by atoms with Gasteiger partial charge in [0.1, 0.15) is 0 Å². The van der Waals surface area contributed by atoms with Gasteiger partial charge in [0.15, 0.2) is 11.6 Å². The van der Waals surface area contributed by atoms with E-state index in [1.54, 1.807) is 0 Å². The van der Waals surface area contributed by atoms with Crippen molar-refractivity contribution in [2.45, 2.75) is 56.7 Å². The Kier molecular flexibility index (Phi) is 7.22. The molecule has 3 N–H and O–H groups in total. The van der Waals surface area contributed by atoms with E-state index in [9.17, 15) is 31.2 Å². The molecule has 1 unspecified atom stereocenters. The second kappa shape index (κ2) is 9.53. The predicted octanol–water partition coefficient (Wildman–Crippen LogP) is 1.51. The van der Waals surface area contributed by atoms with Crippen LogP contribution in [0.1, 0.15) is 44.1 Å². The third-order valence-electron chi connectivity index (χ3n) is 5.27. The second-order valence-electron chi connectivity index (χ2n) is 7.69. The number of nitrogens with one attached hydrogen (secondary N) is 3. The van der Waals surface area contributed by atoms with E-state index in [0.29, 0.717) is 44.2 Å². The lowest BCUT2D eigenvalue weighted by molar-refractivity contribution is -0.134. The summed E-state index contributed by atoms with van der Waals surface area (Å²) in [7, 11) is -3.68. The number of benzene rings is 1. The molecule has 31 heavy (non-hydrogen) atoms. The Morgan fingerprint density at radius 2 is 1.97 bits per heavy atom. The van der Waals surface area contributed by atoms with E-state index in [1.807, 2.05) is 0 Å². The molecular weight excluding hydrogens is 439 g/mol. The highest BCUT2D eigenvalue weighted by Gasteiger charge is 2.47. The SMILES string of the molecule is O=C1CCC(NCCCCS(=O)(=O)NC2(c3ccc(F)c(OC(F)F)c3)CC2)C(=O)N1. The average Bonchev–Trinajstić information content (AvgIpc) is 3.44. The normalized spacial score (nSPS) is 20.6. The minimum atomic E-state index is -3.68. The third kappa shape index (κ3) is 6.40. The molecule has 1 heterocycles. The first-order valence-corrected chi connectivity index (χ1v) is 11.6. The van der Waals surface area contributed by atoms with Gasteiger partial charge in [0.25, 0.3) is 0 Å². The Morgan fingerprint density at radius 3 is 2.61 bits per heavy atom. The Hall–Kier alpha value is -2.18. The smallest absolute Gasteiger partial charge is 0.387 e. The van der Waals surface area contributed by atoms with Crippen LogP contribution in [0.15, 0.2) is 18.2 Å². The molecule has 2 aliphatic rings. The number of alkyl halides is 2. The highest BCUT2D eigenvalue weighted by atomic mass is 32.2. The van der Waals surface area contributed by atoms with Gasteiger partial charge >= 0.3 is 6.61 Å². The lowest BCUT2D eigenvalue weighted by Gasteiger charge is -2.22. The monoisotopic (exact) mass is 463 g/mol. The van der Waals surface area contributed by atoms with Gasteiger partial charge in [-0.05, 0) is 56.3 Å². The number of piperidine rings is 1. The van der Waals surface area contributed by atoms with Crippen LogP contribution in [0, 0.1) is 5.82 Å². The molecule has 1 atom stereocenters. The zero-order valence-corrected chi connectivity index (χ0v) is 17.4. The Labute approximate surface area is 178 Å². The summed E-state index contributed by atoms with van der Waals surface area (Å²) in [5.41, 5.74) is -0.578. The third-order valence-corrected chi connectivity index (χ3v) is 6.80. The van der Waals surface area contributed by atoms with E-state index in [-0.39, 0.29) is 24.0 Å². The fourth-order valence-corrected chi connectivity index (χ4v) is 5.10. The second-order valence-corrected chi connectivity index (χ2v) is 9.53. The number of halogens is 3. The summed E-state index contributed by atoms with van der Waals surface area (Å²) in [6.07, 6.45) is 2.41. The quantitative estimate of drug-likeness (QED) is 0.339. The van der Waals surface area contributed by atoms with E-state index >= 15 is 0 Å². The summed E-state index contributed by atoms with van der Waals surface area (Å²) >= 11 is 0. The van der Waals surface area contributed by atoms with Crippen molar-refractivity contribution in [1.82, 2.24) is 15.4 Å². The van der Waals surface area contributed by atoms with Crippen molar-refractivity contribution >= 4 is 21.8 Å². The maximum Gasteiger partial charge on any atom is 0.387 e. The molecule has 0 bridgehead atoms. The maximum atomic E-state index is 13.6. The topological polar surface area (TPSA) is 114 Å². The van der Waals surface area contributed by atoms with Gasteiger partial charge < -0.3 is 10.1 Å². The molecule has 1 aliphatic carbocycles. The first-order valence-electron chi connectivity index (χ1n) is 9.94. The summed E-state index contributed by atoms with van der Waals surface area (Å²) in [6.45, 7) is -2.77. The van der Waals surface area contributed by atoms with Crippen LogP contribution in [0.2, 0.25) is 0 Å². The maximum absolute atomic E-state index is 13.6. The number of hydrogen-bond acceptors (Lipinski definition) is 6. The van der Waals surface area contributed by atoms with Gasteiger partial charge in [-0.1, -0.05) is 6.07 Å². The fraction of sp³-hybridized carbons (Fsp3) is 0.579. The van der Waals surface area contributed by atoms with Crippen molar-refractivity contribution < 1.29 is 35.9 Å². The molecule has 1 aliphatic heterocycles. The zero-order valence-electron chi connectivity index (χ0n) is 16.6. The molecule has 2 fully saturated rings. The van der Waals surface area contributed by atoms with Crippen LogP contribution in [-0.4, -0.2) is 45.2 Å². The van der Waals surface area contributed by atoms with Crippen LogP contribution < -0.4 is 20.1 Å². The largest absolute Gasteiger partial charge is 0.432 e. The molecule has 0 spiro atoms. The molecule has 0 aromatic heterocycles. The van der Waals surface area contributed by atoms with Crippen molar-refractivity contribution in [3.05, 3.63) is 29.6 Å². The minimum Gasteiger partial charge on any atom is -0.432 e. The molecule has 1 aromatic carbocycles. The van der Waals surface area contributed by atoms with Crippen LogP contribution in [-0.2, 0) is 25.2 Å². The van der Waals surface area contributed by atoms with Gasteiger partial charge in [0.2, 0.25) is 21.8 Å². The Bertz CT molecular complexity index is 938. The molecule has 172 valence electrons. The van der Waals surface area contributed by atoms with Gasteiger partial charge in [-0.3, -0.25) is 14.9 Å². The fourth-order valence-electron chi connectivity index (χ4n) is 3.49. The van der Waals surface area contributed by atoms with Crippen molar-refractivity contribution in [3.63, 3.8) is 0 Å². The van der Waals surface area contributed by atoms with Crippen molar-refractivity contribution in [3.8, 4) is 5.75 Å². The molecule has 1 saturated heterocycles. The molecule has 1 aromatic rings. The van der Waals surface area contributed by atoms with Gasteiger partial charge in [-0.25, -0.2) is 17.5 Å². The highest BCUT2D eigenvalue weighted by molar-refractivity contribution is 7.89. The summed E-state index contributed by atoms with van der Waals surface area (Å²) in [6, 6.07) is 2.96. The van der Waals surface area contributed by atoms with Gasteiger partial charge in [-0.15, -0.1) is 0 Å². The molecule has 0 radical (unpaired) electrons. The molecule has 3 rings (SSSR count). The number of hydrogen-bond donors (Lipinski definition) is 3. The molecule has 2 amide bonds. The van der Waals surface area contributed by atoms with Gasteiger partial charge in [0, 0.05) is 6.42 Å². The molecule has 8 nitrogen and oxygen atoms in total. The lowest BCUT2D eigenvalue weighted by Crippen LogP contribution is -2.50. The van der Waals surface area contributed by atoms with Crippen LogP contribution in [0.25, 0.3) is 0 Å². The zero-order chi connectivity index (χ0) is 22.6. The summed E-state index contributed by atoms with van der Waals surface area (Å²) in [4.78, 5) is 22.8. The van der Waals surface area contributed by atoms with Crippen molar-refractivity contribution in [1.29, 1.82) is 0 Å². The lowest BCUT2D eigenvalue weighted by atomic mass is 10.1. The van der Waals surface area contributed by atoms with E-state index in [4.69, 9.17) is 0 Å². The first-order chi connectivity index (χ1) is 14.6. The van der Waals surface area contributed by atoms with E-state index in [0.717, 1.165) is 12.1 Å². The number of amides is 2. The van der Waals surface area contributed by atoms with Crippen molar-refractivity contribution in [2.24, 2.45) is 0 Å². The Morgan fingerprint density at radius 1 is 1.23 bits per heavy atom. The van der Waals surface area contributed by atoms with E-state index in [2.05, 4.69) is 20.1 Å². The number of carbonyl (C=O) groups is 2. The summed E-state index contributed by atoms with van der Waals surface area (Å²) in [5.74, 6) is -2.42. The van der Waals surface area contributed by atoms with E-state index in [1.165, 1.54) is 6.07 Å². The number of rotatable bonds is 11. The minimum absolute atomic E-state index is 0.159. The standard InChI is InChI=1S/C19H24F3N3O5S/c20-13-4-3-12(11-15(13)30-18(21)22)19(7-8-19)25-31(28,29)10-2-1-9-23-14-5-6-16(26)24-17(14)27/h3-4,11,14,18,23,25H,1-2,5-10H2,(H,24,26,27). The summed E-state index contributed by atoms with van der Waals surface area (Å²) in [5, 5.41) is 5.24. The van der Waals surface area contributed by atoms with Crippen LogP contribution in [0.4, 0.5) is 13.2 Å². The van der Waals surface area contributed by atoms with E-state index < -0.39 is 39.8 Å². The highest BCUT2D eigenvalue weighted by Crippen LogP contribution is 2.47. The number of imide groups is 1. The number of ether oxygens (including phenoxy) is 1. The molecule has 12 heteroatoms. The number of sulfonamides is 1. The number of carbonyl (C=O) groups excluding carboxylic acids is 2. The molecule has 1 saturated carbocycles.